The first kappa shape index (κ1) is 22.6. The molecule has 1 aromatic carbocycles. The van der Waals surface area contributed by atoms with Gasteiger partial charge in [-0.1, -0.05) is 34.6 Å². The summed E-state index contributed by atoms with van der Waals surface area (Å²) in [6, 6.07) is 6.49. The van der Waals surface area contributed by atoms with Gasteiger partial charge in [0.1, 0.15) is 17.3 Å². The van der Waals surface area contributed by atoms with E-state index in [2.05, 4.69) is 73.5 Å². The highest BCUT2D eigenvalue weighted by molar-refractivity contribution is 7.08. The molecule has 3 aromatic rings. The normalized spacial score (nSPS) is 13.1. The summed E-state index contributed by atoms with van der Waals surface area (Å²) in [5, 5.41) is 7.25. The third-order valence-corrected chi connectivity index (χ3v) is 6.41. The molecule has 4 rings (SSSR count). The number of aromatic nitrogens is 2. The number of amides is 1. The van der Waals surface area contributed by atoms with Crippen LogP contribution >= 0.6 is 11.3 Å². The molecule has 0 atom stereocenters. The Morgan fingerprint density at radius 3 is 2.69 bits per heavy atom. The summed E-state index contributed by atoms with van der Waals surface area (Å²) in [4.78, 5) is 18.1. The second-order valence-electron chi connectivity index (χ2n) is 10.2. The van der Waals surface area contributed by atoms with Crippen molar-refractivity contribution in [2.45, 2.75) is 53.9 Å². The largest absolute Gasteiger partial charge is 0.496 e. The average molecular weight is 452 g/mol. The molecule has 0 saturated carbocycles. The van der Waals surface area contributed by atoms with E-state index >= 15 is 0 Å². The quantitative estimate of drug-likeness (QED) is 0.524. The molecule has 5 nitrogen and oxygen atoms in total. The van der Waals surface area contributed by atoms with E-state index in [1.807, 2.05) is 0 Å². The van der Waals surface area contributed by atoms with Gasteiger partial charge in [0, 0.05) is 17.5 Å². The number of nitrogens with one attached hydrogen (secondary N) is 1. The molecule has 2 aromatic heterocycles. The lowest BCUT2D eigenvalue weighted by molar-refractivity contribution is 0.0933. The molecule has 1 N–H and O–H groups in total. The maximum absolute atomic E-state index is 13.2. The van der Waals surface area contributed by atoms with Gasteiger partial charge < -0.3 is 10.1 Å². The van der Waals surface area contributed by atoms with Gasteiger partial charge in [-0.25, -0.2) is 4.98 Å². The van der Waals surface area contributed by atoms with Crippen LogP contribution in [-0.2, 0) is 19.3 Å². The fraction of sp³-hybridized carbons (Fsp3) is 0.462. The zero-order valence-electron chi connectivity index (χ0n) is 19.9. The minimum absolute atomic E-state index is 0.0144. The molecule has 0 radical (unpaired) electrons. The van der Waals surface area contributed by atoms with E-state index in [1.165, 1.54) is 11.1 Å². The summed E-state index contributed by atoms with van der Waals surface area (Å²) >= 11 is 1.64. The van der Waals surface area contributed by atoms with Crippen LogP contribution in [0.1, 0.15) is 61.9 Å². The van der Waals surface area contributed by atoms with Gasteiger partial charge in [0.05, 0.1) is 18.5 Å². The molecule has 0 aliphatic carbocycles. The molecule has 0 fully saturated rings. The standard InChI is InChI=1S/C26H33N3O2S/c1-16(2)11-19-12-21-17(13-22(19)31-6)7-8-20-23(25(30)27-15-26(3,4)5)28-24(29(20)21)18-9-10-32-14-18/h9-10,12-14,16H,7-8,11,15H2,1-6H3,(H,27,30). The molecule has 0 unspecified atom stereocenters. The lowest BCUT2D eigenvalue weighted by Gasteiger charge is -2.24. The lowest BCUT2D eigenvalue weighted by atomic mass is 9.94. The highest BCUT2D eigenvalue weighted by Gasteiger charge is 2.29. The van der Waals surface area contributed by atoms with Gasteiger partial charge in [0.25, 0.3) is 5.91 Å². The third kappa shape index (κ3) is 4.46. The monoisotopic (exact) mass is 451 g/mol. The molecule has 1 aliphatic rings. The van der Waals surface area contributed by atoms with Crippen LogP contribution in [0.15, 0.2) is 29.0 Å². The van der Waals surface area contributed by atoms with Crippen LogP contribution in [0.25, 0.3) is 17.1 Å². The zero-order valence-corrected chi connectivity index (χ0v) is 20.7. The summed E-state index contributed by atoms with van der Waals surface area (Å²) in [5.74, 6) is 2.21. The number of nitrogens with zero attached hydrogens (tertiary/aromatic N) is 2. The van der Waals surface area contributed by atoms with Crippen molar-refractivity contribution in [1.82, 2.24) is 14.9 Å². The van der Waals surface area contributed by atoms with Crippen molar-refractivity contribution < 1.29 is 9.53 Å². The van der Waals surface area contributed by atoms with Gasteiger partial charge in [-0.2, -0.15) is 11.3 Å². The predicted molar refractivity (Wildman–Crippen MR) is 131 cm³/mol. The van der Waals surface area contributed by atoms with Crippen molar-refractivity contribution in [3.63, 3.8) is 0 Å². The molecule has 1 aliphatic heterocycles. The Labute approximate surface area is 194 Å². The van der Waals surface area contributed by atoms with E-state index in [-0.39, 0.29) is 11.3 Å². The van der Waals surface area contributed by atoms with E-state index in [1.54, 1.807) is 18.4 Å². The number of imidazole rings is 1. The Morgan fingerprint density at radius 1 is 1.28 bits per heavy atom. The number of hydrogen-bond donors (Lipinski definition) is 1. The number of thiophene rings is 1. The second-order valence-corrected chi connectivity index (χ2v) is 11.0. The number of aryl methyl sites for hydroxylation is 1. The van der Waals surface area contributed by atoms with Crippen molar-refractivity contribution in [2.75, 3.05) is 13.7 Å². The molecular weight excluding hydrogens is 418 g/mol. The zero-order chi connectivity index (χ0) is 23.0. The molecule has 6 heteroatoms. The summed E-state index contributed by atoms with van der Waals surface area (Å²) in [5.41, 5.74) is 6.13. The van der Waals surface area contributed by atoms with Gasteiger partial charge in [-0.15, -0.1) is 0 Å². The van der Waals surface area contributed by atoms with Gasteiger partial charge >= 0.3 is 0 Å². The van der Waals surface area contributed by atoms with Crippen LogP contribution in [0.5, 0.6) is 5.75 Å². The Morgan fingerprint density at radius 2 is 2.06 bits per heavy atom. The predicted octanol–water partition coefficient (Wildman–Crippen LogP) is 5.68. The van der Waals surface area contributed by atoms with Crippen molar-refractivity contribution in [2.24, 2.45) is 11.3 Å². The van der Waals surface area contributed by atoms with Crippen molar-refractivity contribution in [1.29, 1.82) is 0 Å². The van der Waals surface area contributed by atoms with Crippen LogP contribution in [0.4, 0.5) is 0 Å². The first-order chi connectivity index (χ1) is 15.2. The Hall–Kier alpha value is -2.60. The van der Waals surface area contributed by atoms with Gasteiger partial charge in [-0.05, 0) is 65.3 Å². The van der Waals surface area contributed by atoms with E-state index in [4.69, 9.17) is 9.72 Å². The number of ether oxygens (including phenoxy) is 1. The maximum Gasteiger partial charge on any atom is 0.271 e. The first-order valence-electron chi connectivity index (χ1n) is 11.3. The molecule has 170 valence electrons. The van der Waals surface area contributed by atoms with Crippen molar-refractivity contribution >= 4 is 17.2 Å². The minimum atomic E-state index is -0.0930. The summed E-state index contributed by atoms with van der Waals surface area (Å²) in [6.07, 6.45) is 2.57. The van der Waals surface area contributed by atoms with Gasteiger partial charge in [0.15, 0.2) is 0 Å². The Balaban J connectivity index is 1.86. The Bertz CT molecular complexity index is 1120. The number of fused-ring (bicyclic) bond motifs is 3. The average Bonchev–Trinajstić information content (AvgIpc) is 3.38. The highest BCUT2D eigenvalue weighted by Crippen LogP contribution is 2.37. The lowest BCUT2D eigenvalue weighted by Crippen LogP contribution is -2.33. The molecule has 0 spiro atoms. The number of carbonyl (C=O) groups excluding carboxylic acids is 1. The highest BCUT2D eigenvalue weighted by atomic mass is 32.1. The number of rotatable bonds is 6. The van der Waals surface area contributed by atoms with Crippen LogP contribution in [0.2, 0.25) is 0 Å². The van der Waals surface area contributed by atoms with Gasteiger partial charge in [-0.3, -0.25) is 9.36 Å². The van der Waals surface area contributed by atoms with Crippen molar-refractivity contribution in [3.8, 4) is 22.8 Å². The molecule has 3 heterocycles. The molecule has 32 heavy (non-hydrogen) atoms. The maximum atomic E-state index is 13.2. The van der Waals surface area contributed by atoms with Crippen LogP contribution in [0.3, 0.4) is 0 Å². The fourth-order valence-electron chi connectivity index (χ4n) is 4.24. The number of benzene rings is 1. The third-order valence-electron chi connectivity index (χ3n) is 5.73. The van der Waals surface area contributed by atoms with E-state index < -0.39 is 0 Å². The van der Waals surface area contributed by atoms with E-state index in [0.29, 0.717) is 18.2 Å². The Kier molecular flexibility index (Phi) is 6.17. The number of carbonyl (C=O) groups is 1. The minimum Gasteiger partial charge on any atom is -0.496 e. The summed E-state index contributed by atoms with van der Waals surface area (Å²) in [6.45, 7) is 11.4. The second kappa shape index (κ2) is 8.74. The molecule has 0 saturated heterocycles. The molecular formula is C26H33N3O2S. The molecule has 0 bridgehead atoms. The van der Waals surface area contributed by atoms with Crippen LogP contribution < -0.4 is 10.1 Å². The number of hydrogen-bond acceptors (Lipinski definition) is 4. The van der Waals surface area contributed by atoms with Gasteiger partial charge in [0.2, 0.25) is 0 Å². The SMILES string of the molecule is COc1cc2c(cc1CC(C)C)-n1c(-c3ccsc3)nc(C(=O)NCC(C)(C)C)c1CC2. The van der Waals surface area contributed by atoms with E-state index in [0.717, 1.165) is 47.8 Å². The smallest absolute Gasteiger partial charge is 0.271 e. The fourth-order valence-corrected chi connectivity index (χ4v) is 4.88. The number of methoxy groups -OCH3 is 1. The van der Waals surface area contributed by atoms with Crippen LogP contribution in [-0.4, -0.2) is 29.1 Å². The van der Waals surface area contributed by atoms with Crippen LogP contribution in [0, 0.1) is 11.3 Å². The summed E-state index contributed by atoms with van der Waals surface area (Å²) in [7, 11) is 1.74. The topological polar surface area (TPSA) is 56.2 Å². The first-order valence-corrected chi connectivity index (χ1v) is 12.2. The van der Waals surface area contributed by atoms with E-state index in [9.17, 15) is 4.79 Å². The van der Waals surface area contributed by atoms with Crippen molar-refractivity contribution in [3.05, 3.63) is 51.5 Å². The summed E-state index contributed by atoms with van der Waals surface area (Å²) < 4.78 is 7.93. The molecule has 1 amide bonds.